The molecule has 0 aliphatic carbocycles. The van der Waals surface area contributed by atoms with Crippen molar-refractivity contribution in [3.63, 3.8) is 0 Å². The molecule has 0 unspecified atom stereocenters. The van der Waals surface area contributed by atoms with E-state index in [4.69, 9.17) is 11.6 Å². The number of nitrogens with zero attached hydrogens (tertiary/aromatic N) is 3. The number of benzene rings is 1. The van der Waals surface area contributed by atoms with E-state index in [0.29, 0.717) is 59.1 Å². The molecule has 0 spiro atoms. The number of rotatable bonds is 4. The highest BCUT2D eigenvalue weighted by molar-refractivity contribution is 7.99. The fourth-order valence-corrected chi connectivity index (χ4v) is 3.95. The summed E-state index contributed by atoms with van der Waals surface area (Å²) in [5.41, 5.74) is 1.13. The third-order valence-corrected chi connectivity index (χ3v) is 5.96. The highest BCUT2D eigenvalue weighted by Crippen LogP contribution is 2.34. The summed E-state index contributed by atoms with van der Waals surface area (Å²) in [6.45, 7) is 3.05. The first-order chi connectivity index (χ1) is 13.6. The molecular weight excluding hydrogens is 430 g/mol. The topological polar surface area (TPSA) is 36.4 Å². The number of hydrogen-bond acceptors (Lipinski definition) is 4. The van der Waals surface area contributed by atoms with Gasteiger partial charge in [0.1, 0.15) is 11.0 Å². The van der Waals surface area contributed by atoms with E-state index in [9.17, 15) is 22.4 Å². The lowest BCUT2D eigenvalue weighted by Crippen LogP contribution is -2.49. The first-order valence-corrected chi connectivity index (χ1v) is 10.2. The molecule has 0 radical (unpaired) electrons. The molecule has 1 aliphatic heterocycles. The summed E-state index contributed by atoms with van der Waals surface area (Å²) in [5.74, 6) is -1.71. The second-order valence-corrected chi connectivity index (χ2v) is 8.03. The van der Waals surface area contributed by atoms with Crippen LogP contribution in [0.3, 0.4) is 0 Å². The Hall–Kier alpha value is -2.00. The van der Waals surface area contributed by atoms with E-state index >= 15 is 0 Å². The third kappa shape index (κ3) is 5.54. The standard InChI is InChI=1S/C19H18ClF4N3OS/c1-12-8-14(21)15(9-16(12)29-11-19(22,23)24)26-4-6-27(7-5-26)18(28)13-2-3-17(20)25-10-13/h2-3,8-10H,4-7,11H2,1H3. The largest absolute Gasteiger partial charge is 0.398 e. The van der Waals surface area contributed by atoms with Gasteiger partial charge in [-0.15, -0.1) is 11.8 Å². The van der Waals surface area contributed by atoms with Gasteiger partial charge < -0.3 is 9.80 Å². The van der Waals surface area contributed by atoms with Crippen molar-refractivity contribution >= 4 is 35.0 Å². The summed E-state index contributed by atoms with van der Waals surface area (Å²) < 4.78 is 52.1. The fourth-order valence-electron chi connectivity index (χ4n) is 3.03. The Bertz CT molecular complexity index is 884. The maximum atomic E-state index is 14.5. The molecule has 1 aliphatic rings. The molecule has 0 saturated carbocycles. The molecule has 1 aromatic carbocycles. The van der Waals surface area contributed by atoms with Gasteiger partial charge in [0.15, 0.2) is 0 Å². The number of aryl methyl sites for hydroxylation is 1. The Balaban J connectivity index is 1.68. The van der Waals surface area contributed by atoms with Crippen molar-refractivity contribution in [1.82, 2.24) is 9.88 Å². The first-order valence-electron chi connectivity index (χ1n) is 8.79. The van der Waals surface area contributed by atoms with Crippen LogP contribution in [0.4, 0.5) is 23.2 Å². The molecule has 0 N–H and O–H groups in total. The summed E-state index contributed by atoms with van der Waals surface area (Å²) >= 11 is 6.38. The third-order valence-electron chi connectivity index (χ3n) is 4.52. The van der Waals surface area contributed by atoms with Crippen molar-refractivity contribution in [1.29, 1.82) is 0 Å². The Kier molecular flexibility index (Phi) is 6.58. The van der Waals surface area contributed by atoms with Gasteiger partial charge in [0, 0.05) is 37.3 Å². The van der Waals surface area contributed by atoms with Gasteiger partial charge in [0.05, 0.1) is 17.0 Å². The van der Waals surface area contributed by atoms with E-state index in [-0.39, 0.29) is 11.6 Å². The summed E-state index contributed by atoms with van der Waals surface area (Å²) in [7, 11) is 0. The van der Waals surface area contributed by atoms with Crippen molar-refractivity contribution in [2.75, 3.05) is 36.8 Å². The van der Waals surface area contributed by atoms with Crippen LogP contribution in [0.5, 0.6) is 0 Å². The van der Waals surface area contributed by atoms with Crippen molar-refractivity contribution in [2.24, 2.45) is 0 Å². The molecule has 10 heteroatoms. The number of pyridine rings is 1. The Morgan fingerprint density at radius 1 is 1.21 bits per heavy atom. The molecule has 1 saturated heterocycles. The Morgan fingerprint density at radius 2 is 1.90 bits per heavy atom. The molecule has 2 aromatic rings. The molecule has 2 heterocycles. The van der Waals surface area contributed by atoms with Crippen LogP contribution in [0, 0.1) is 12.7 Å². The summed E-state index contributed by atoms with van der Waals surface area (Å²) in [6, 6.07) is 5.84. The molecule has 3 rings (SSSR count). The predicted molar refractivity (Wildman–Crippen MR) is 105 cm³/mol. The van der Waals surface area contributed by atoms with Gasteiger partial charge in [0.25, 0.3) is 5.91 Å². The zero-order chi connectivity index (χ0) is 21.2. The number of hydrogen-bond donors (Lipinski definition) is 0. The van der Waals surface area contributed by atoms with Crippen LogP contribution in [0.1, 0.15) is 15.9 Å². The quantitative estimate of drug-likeness (QED) is 0.383. The number of amides is 1. The number of thioether (sulfide) groups is 1. The van der Waals surface area contributed by atoms with E-state index in [1.54, 1.807) is 22.8 Å². The average molecular weight is 448 g/mol. The summed E-state index contributed by atoms with van der Waals surface area (Å²) in [6.07, 6.45) is -2.89. The number of anilines is 1. The van der Waals surface area contributed by atoms with Crippen molar-refractivity contribution in [2.45, 2.75) is 18.0 Å². The summed E-state index contributed by atoms with van der Waals surface area (Å²) in [4.78, 5) is 20.2. The monoisotopic (exact) mass is 447 g/mol. The molecule has 1 aromatic heterocycles. The number of carbonyl (C=O) groups is 1. The van der Waals surface area contributed by atoms with Gasteiger partial charge in [-0.1, -0.05) is 11.6 Å². The van der Waals surface area contributed by atoms with Crippen LogP contribution < -0.4 is 4.90 Å². The minimum absolute atomic E-state index is 0.195. The van der Waals surface area contributed by atoms with Crippen molar-refractivity contribution in [3.05, 3.63) is 52.6 Å². The zero-order valence-electron chi connectivity index (χ0n) is 15.5. The normalized spacial score (nSPS) is 15.0. The predicted octanol–water partition coefficient (Wildman–Crippen LogP) is 4.80. The number of piperazine rings is 1. The van der Waals surface area contributed by atoms with Gasteiger partial charge in [-0.25, -0.2) is 9.37 Å². The smallest absolute Gasteiger partial charge is 0.366 e. The Labute approximate surface area is 174 Å². The lowest BCUT2D eigenvalue weighted by Gasteiger charge is -2.36. The van der Waals surface area contributed by atoms with Gasteiger partial charge in [-0.05, 0) is 36.8 Å². The molecule has 4 nitrogen and oxygen atoms in total. The van der Waals surface area contributed by atoms with Gasteiger partial charge >= 0.3 is 6.18 Å². The molecule has 29 heavy (non-hydrogen) atoms. The highest BCUT2D eigenvalue weighted by Gasteiger charge is 2.29. The van der Waals surface area contributed by atoms with Gasteiger partial charge in [-0.2, -0.15) is 13.2 Å². The van der Waals surface area contributed by atoms with Gasteiger partial charge in [-0.3, -0.25) is 4.79 Å². The number of aromatic nitrogens is 1. The zero-order valence-corrected chi connectivity index (χ0v) is 17.0. The van der Waals surface area contributed by atoms with Crippen LogP contribution in [-0.4, -0.2) is 53.9 Å². The highest BCUT2D eigenvalue weighted by atomic mass is 35.5. The Morgan fingerprint density at radius 3 is 2.48 bits per heavy atom. The van der Waals surface area contributed by atoms with Crippen LogP contribution in [-0.2, 0) is 0 Å². The van der Waals surface area contributed by atoms with E-state index < -0.39 is 17.7 Å². The average Bonchev–Trinajstić information content (AvgIpc) is 2.67. The minimum Gasteiger partial charge on any atom is -0.366 e. The fraction of sp³-hybridized carbons (Fsp3) is 0.368. The number of alkyl halides is 3. The second-order valence-electron chi connectivity index (χ2n) is 6.62. The van der Waals surface area contributed by atoms with E-state index in [2.05, 4.69) is 4.98 Å². The lowest BCUT2D eigenvalue weighted by atomic mass is 10.1. The van der Waals surface area contributed by atoms with Gasteiger partial charge in [0.2, 0.25) is 0 Å². The molecule has 1 amide bonds. The van der Waals surface area contributed by atoms with Crippen molar-refractivity contribution < 1.29 is 22.4 Å². The lowest BCUT2D eigenvalue weighted by molar-refractivity contribution is -0.105. The van der Waals surface area contributed by atoms with E-state index in [1.165, 1.54) is 24.4 Å². The van der Waals surface area contributed by atoms with Crippen molar-refractivity contribution in [3.8, 4) is 0 Å². The maximum Gasteiger partial charge on any atom is 0.398 e. The number of carbonyl (C=O) groups excluding carboxylic acids is 1. The number of halogens is 5. The SMILES string of the molecule is Cc1cc(F)c(N2CCN(C(=O)c3ccc(Cl)nc3)CC2)cc1SCC(F)(F)F. The summed E-state index contributed by atoms with van der Waals surface area (Å²) in [5, 5.41) is 0.292. The van der Waals surface area contributed by atoms with E-state index in [0.717, 1.165) is 0 Å². The first kappa shape index (κ1) is 21.7. The molecule has 0 bridgehead atoms. The maximum absolute atomic E-state index is 14.5. The van der Waals surface area contributed by atoms with Crippen LogP contribution in [0.2, 0.25) is 5.15 Å². The molecule has 0 atom stereocenters. The minimum atomic E-state index is -4.30. The van der Waals surface area contributed by atoms with Crippen LogP contribution in [0.15, 0.2) is 35.4 Å². The molecular formula is C19H18ClF4N3OS. The van der Waals surface area contributed by atoms with Crippen LogP contribution in [0.25, 0.3) is 0 Å². The molecule has 156 valence electrons. The van der Waals surface area contributed by atoms with Crippen LogP contribution >= 0.6 is 23.4 Å². The van der Waals surface area contributed by atoms with E-state index in [1.807, 2.05) is 0 Å². The molecule has 1 fully saturated rings. The second kappa shape index (κ2) is 8.79.